The molecule has 1 saturated heterocycles. The summed E-state index contributed by atoms with van der Waals surface area (Å²) >= 11 is 0. The molecule has 4 heteroatoms. The number of carbonyl (C=O) groups excluding carboxylic acids is 1. The van der Waals surface area contributed by atoms with Gasteiger partial charge in [-0.3, -0.25) is 9.69 Å². The SMILES string of the molecule is CN1CCC(N(C)Cc2ccccc2N)C1=O. The highest BCUT2D eigenvalue weighted by Crippen LogP contribution is 2.19. The normalized spacial score (nSPS) is 20.3. The third-order valence-electron chi connectivity index (χ3n) is 3.41. The van der Waals surface area contributed by atoms with Gasteiger partial charge in [0.1, 0.15) is 0 Å². The fraction of sp³-hybridized carbons (Fsp3) is 0.462. The molecule has 1 fully saturated rings. The first kappa shape index (κ1) is 11.9. The summed E-state index contributed by atoms with van der Waals surface area (Å²) in [4.78, 5) is 15.7. The first-order valence-electron chi connectivity index (χ1n) is 5.88. The molecule has 2 N–H and O–H groups in total. The Labute approximate surface area is 102 Å². The van der Waals surface area contributed by atoms with Gasteiger partial charge in [0.25, 0.3) is 0 Å². The molecule has 1 aromatic carbocycles. The molecule has 1 aliphatic rings. The van der Waals surface area contributed by atoms with Gasteiger partial charge in [-0.1, -0.05) is 18.2 Å². The number of likely N-dealkylation sites (tertiary alicyclic amines) is 1. The van der Waals surface area contributed by atoms with E-state index in [4.69, 9.17) is 5.73 Å². The van der Waals surface area contributed by atoms with Gasteiger partial charge in [0.2, 0.25) is 5.91 Å². The van der Waals surface area contributed by atoms with Gasteiger partial charge in [-0.2, -0.15) is 0 Å². The lowest BCUT2D eigenvalue weighted by atomic mass is 10.1. The molecule has 0 aliphatic carbocycles. The maximum absolute atomic E-state index is 11.9. The zero-order valence-corrected chi connectivity index (χ0v) is 10.4. The average Bonchev–Trinajstić information content (AvgIpc) is 2.63. The molecule has 1 aromatic rings. The summed E-state index contributed by atoms with van der Waals surface area (Å²) < 4.78 is 0. The van der Waals surface area contributed by atoms with Crippen molar-refractivity contribution in [3.8, 4) is 0 Å². The van der Waals surface area contributed by atoms with Gasteiger partial charge in [0.15, 0.2) is 0 Å². The fourth-order valence-corrected chi connectivity index (χ4v) is 2.27. The van der Waals surface area contributed by atoms with Gasteiger partial charge in [0.05, 0.1) is 6.04 Å². The van der Waals surface area contributed by atoms with Crippen LogP contribution in [0.4, 0.5) is 5.69 Å². The van der Waals surface area contributed by atoms with Crippen LogP contribution in [0.3, 0.4) is 0 Å². The highest BCUT2D eigenvalue weighted by molar-refractivity contribution is 5.83. The molecule has 0 spiro atoms. The molecule has 1 heterocycles. The van der Waals surface area contributed by atoms with Gasteiger partial charge < -0.3 is 10.6 Å². The summed E-state index contributed by atoms with van der Waals surface area (Å²) in [5.74, 6) is 0.210. The van der Waals surface area contributed by atoms with E-state index >= 15 is 0 Å². The molecule has 1 atom stereocenters. The van der Waals surface area contributed by atoms with Crippen LogP contribution >= 0.6 is 0 Å². The molecular weight excluding hydrogens is 214 g/mol. The molecule has 17 heavy (non-hydrogen) atoms. The van der Waals surface area contributed by atoms with Crippen molar-refractivity contribution in [3.05, 3.63) is 29.8 Å². The van der Waals surface area contributed by atoms with E-state index in [1.165, 1.54) is 0 Å². The molecule has 0 aromatic heterocycles. The number of hydrogen-bond donors (Lipinski definition) is 1. The number of nitrogen functional groups attached to an aromatic ring is 1. The Balaban J connectivity index is 2.05. The first-order valence-corrected chi connectivity index (χ1v) is 5.88. The minimum atomic E-state index is -0.000365. The van der Waals surface area contributed by atoms with Crippen LogP contribution in [0.25, 0.3) is 0 Å². The van der Waals surface area contributed by atoms with Crippen LogP contribution in [0.2, 0.25) is 0 Å². The fourth-order valence-electron chi connectivity index (χ4n) is 2.27. The minimum Gasteiger partial charge on any atom is -0.398 e. The van der Waals surface area contributed by atoms with Crippen molar-refractivity contribution in [2.75, 3.05) is 26.4 Å². The Morgan fingerprint density at radius 3 is 2.76 bits per heavy atom. The Bertz CT molecular complexity index is 419. The number of nitrogens with zero attached hydrogens (tertiary/aromatic N) is 2. The summed E-state index contributed by atoms with van der Waals surface area (Å²) in [7, 11) is 3.83. The summed E-state index contributed by atoms with van der Waals surface area (Å²) in [5.41, 5.74) is 7.78. The smallest absolute Gasteiger partial charge is 0.239 e. The number of rotatable bonds is 3. The van der Waals surface area contributed by atoms with Gasteiger partial charge in [0, 0.05) is 25.8 Å². The first-order chi connectivity index (χ1) is 8.09. The lowest BCUT2D eigenvalue weighted by Gasteiger charge is -2.23. The van der Waals surface area contributed by atoms with E-state index in [-0.39, 0.29) is 11.9 Å². The van der Waals surface area contributed by atoms with E-state index in [0.29, 0.717) is 0 Å². The maximum atomic E-state index is 11.9. The third-order valence-corrected chi connectivity index (χ3v) is 3.41. The van der Waals surface area contributed by atoms with Crippen LogP contribution in [0.5, 0.6) is 0 Å². The van der Waals surface area contributed by atoms with Crippen molar-refractivity contribution in [2.24, 2.45) is 0 Å². The lowest BCUT2D eigenvalue weighted by molar-refractivity contribution is -0.130. The highest BCUT2D eigenvalue weighted by atomic mass is 16.2. The lowest BCUT2D eigenvalue weighted by Crippen LogP contribution is -2.38. The van der Waals surface area contributed by atoms with Crippen molar-refractivity contribution in [3.63, 3.8) is 0 Å². The third kappa shape index (κ3) is 2.42. The van der Waals surface area contributed by atoms with Crippen molar-refractivity contribution in [1.82, 2.24) is 9.80 Å². The maximum Gasteiger partial charge on any atom is 0.239 e. The highest BCUT2D eigenvalue weighted by Gasteiger charge is 2.32. The number of amides is 1. The molecule has 1 amide bonds. The molecule has 4 nitrogen and oxygen atoms in total. The average molecular weight is 233 g/mol. The monoisotopic (exact) mass is 233 g/mol. The van der Waals surface area contributed by atoms with Crippen LogP contribution in [0.15, 0.2) is 24.3 Å². The molecule has 0 radical (unpaired) electrons. The molecule has 0 saturated carbocycles. The largest absolute Gasteiger partial charge is 0.398 e. The topological polar surface area (TPSA) is 49.6 Å². The Kier molecular flexibility index (Phi) is 3.33. The van der Waals surface area contributed by atoms with Crippen molar-refractivity contribution >= 4 is 11.6 Å². The number of carbonyl (C=O) groups is 1. The van der Waals surface area contributed by atoms with Crippen LogP contribution < -0.4 is 5.73 Å². The number of hydrogen-bond acceptors (Lipinski definition) is 3. The number of nitrogens with two attached hydrogens (primary N) is 1. The van der Waals surface area contributed by atoms with E-state index in [2.05, 4.69) is 4.90 Å². The second-order valence-electron chi connectivity index (χ2n) is 4.68. The van der Waals surface area contributed by atoms with Crippen molar-refractivity contribution < 1.29 is 4.79 Å². The summed E-state index contributed by atoms with van der Waals surface area (Å²) in [6.07, 6.45) is 0.901. The van der Waals surface area contributed by atoms with E-state index in [1.807, 2.05) is 38.4 Å². The van der Waals surface area contributed by atoms with Gasteiger partial charge in [-0.15, -0.1) is 0 Å². The number of likely N-dealkylation sites (N-methyl/N-ethyl adjacent to an activating group) is 2. The van der Waals surface area contributed by atoms with Crippen LogP contribution in [-0.2, 0) is 11.3 Å². The number of benzene rings is 1. The van der Waals surface area contributed by atoms with Crippen molar-refractivity contribution in [2.45, 2.75) is 19.0 Å². The Morgan fingerprint density at radius 2 is 2.18 bits per heavy atom. The van der Waals surface area contributed by atoms with Crippen LogP contribution in [-0.4, -0.2) is 42.4 Å². The predicted molar refractivity (Wildman–Crippen MR) is 68.4 cm³/mol. The van der Waals surface area contributed by atoms with Gasteiger partial charge >= 0.3 is 0 Å². The molecule has 92 valence electrons. The van der Waals surface area contributed by atoms with E-state index in [0.717, 1.165) is 30.8 Å². The van der Waals surface area contributed by atoms with Crippen molar-refractivity contribution in [1.29, 1.82) is 0 Å². The molecular formula is C13H19N3O. The molecule has 2 rings (SSSR count). The number of anilines is 1. The molecule has 0 bridgehead atoms. The summed E-state index contributed by atoms with van der Waals surface area (Å²) in [6, 6.07) is 7.80. The molecule has 1 aliphatic heterocycles. The standard InChI is InChI=1S/C13H19N3O/c1-15-8-7-12(13(15)17)16(2)9-10-5-3-4-6-11(10)14/h3-6,12H,7-9,14H2,1-2H3. The second-order valence-corrected chi connectivity index (χ2v) is 4.68. The Hall–Kier alpha value is -1.55. The summed E-state index contributed by atoms with van der Waals surface area (Å²) in [6.45, 7) is 1.56. The zero-order chi connectivity index (χ0) is 12.4. The van der Waals surface area contributed by atoms with Gasteiger partial charge in [-0.05, 0) is 25.1 Å². The second kappa shape index (κ2) is 4.75. The zero-order valence-electron chi connectivity index (χ0n) is 10.4. The Morgan fingerprint density at radius 1 is 1.47 bits per heavy atom. The van der Waals surface area contributed by atoms with Crippen LogP contribution in [0, 0.1) is 0 Å². The minimum absolute atomic E-state index is 0.000365. The van der Waals surface area contributed by atoms with Crippen LogP contribution in [0.1, 0.15) is 12.0 Å². The summed E-state index contributed by atoms with van der Waals surface area (Å²) in [5, 5.41) is 0. The molecule has 1 unspecified atom stereocenters. The van der Waals surface area contributed by atoms with Gasteiger partial charge in [-0.25, -0.2) is 0 Å². The van der Waals surface area contributed by atoms with E-state index in [1.54, 1.807) is 4.90 Å². The van der Waals surface area contributed by atoms with E-state index in [9.17, 15) is 4.79 Å². The predicted octanol–water partition coefficient (Wildman–Crippen LogP) is 0.931. The quantitative estimate of drug-likeness (QED) is 0.790. The van der Waals surface area contributed by atoms with E-state index < -0.39 is 0 Å². The number of para-hydroxylation sites is 1.